The van der Waals surface area contributed by atoms with E-state index in [0.717, 1.165) is 0 Å². The first-order chi connectivity index (χ1) is 14.5. The fraction of sp³-hybridized carbons (Fsp3) is 0.348. The summed E-state index contributed by atoms with van der Waals surface area (Å²) in [7, 11) is 0. The minimum absolute atomic E-state index is 0. The predicted octanol–water partition coefficient (Wildman–Crippen LogP) is 6.45. The molecule has 1 atom stereocenters. The van der Waals surface area contributed by atoms with Crippen LogP contribution in [-0.2, 0) is 22.1 Å². The first-order valence-corrected chi connectivity index (χ1v) is 9.71. The van der Waals surface area contributed by atoms with Gasteiger partial charge < -0.3 is 10.5 Å². The molecule has 2 rings (SSSR count). The van der Waals surface area contributed by atoms with Crippen molar-refractivity contribution >= 4 is 18.4 Å². The van der Waals surface area contributed by atoms with Crippen molar-refractivity contribution in [2.24, 2.45) is 5.73 Å². The van der Waals surface area contributed by atoms with Crippen molar-refractivity contribution in [2.75, 3.05) is 6.61 Å². The maximum Gasteiger partial charge on any atom is 0.419 e. The van der Waals surface area contributed by atoms with Crippen LogP contribution in [0.15, 0.2) is 36.4 Å². The number of rotatable bonds is 7. The van der Waals surface area contributed by atoms with Crippen molar-refractivity contribution in [2.45, 2.75) is 45.8 Å². The summed E-state index contributed by atoms with van der Waals surface area (Å²) in [5, 5.41) is 0. The quantitative estimate of drug-likeness (QED) is 0.283. The number of benzene rings is 2. The highest BCUT2D eigenvalue weighted by molar-refractivity contribution is 5.85. The number of carbonyl (C=O) groups excluding carboxylic acids is 1. The molecule has 0 bridgehead atoms. The summed E-state index contributed by atoms with van der Waals surface area (Å²) in [6, 6.07) is 2.96. The number of aryl methyl sites for hydroxylation is 1. The molecule has 0 heterocycles. The Morgan fingerprint density at radius 3 is 2.41 bits per heavy atom. The zero-order valence-electron chi connectivity index (χ0n) is 17.9. The van der Waals surface area contributed by atoms with Crippen LogP contribution in [-0.4, -0.2) is 12.6 Å². The molecule has 0 amide bonds. The van der Waals surface area contributed by atoms with Crippen molar-refractivity contribution in [3.8, 4) is 11.1 Å². The van der Waals surface area contributed by atoms with E-state index in [4.69, 9.17) is 10.5 Å². The van der Waals surface area contributed by atoms with Crippen LogP contribution in [0.3, 0.4) is 0 Å². The van der Waals surface area contributed by atoms with Gasteiger partial charge in [-0.05, 0) is 73.7 Å². The van der Waals surface area contributed by atoms with Crippen molar-refractivity contribution in [1.82, 2.24) is 0 Å². The number of hydrogen-bond donors (Lipinski definition) is 1. The normalized spacial score (nSPS) is 12.5. The number of alkyl halides is 3. The van der Waals surface area contributed by atoms with Crippen LogP contribution < -0.4 is 5.73 Å². The summed E-state index contributed by atoms with van der Waals surface area (Å²) in [5.41, 5.74) is 5.16. The molecule has 32 heavy (non-hydrogen) atoms. The molecule has 2 aromatic carbocycles. The zero-order valence-corrected chi connectivity index (χ0v) is 18.7. The van der Waals surface area contributed by atoms with Gasteiger partial charge in [0.05, 0.1) is 18.6 Å². The predicted molar refractivity (Wildman–Crippen MR) is 115 cm³/mol. The van der Waals surface area contributed by atoms with E-state index >= 15 is 0 Å². The Bertz CT molecular complexity index is 989. The second kappa shape index (κ2) is 11.4. The summed E-state index contributed by atoms with van der Waals surface area (Å²) in [5.74, 6) is -2.82. The van der Waals surface area contributed by atoms with Crippen molar-refractivity contribution in [3.05, 3.63) is 70.3 Å². The summed E-state index contributed by atoms with van der Waals surface area (Å²) < 4.78 is 74.3. The number of nitrogens with two attached hydrogens (primary N) is 1. The maximum absolute atomic E-state index is 14.8. The Hall–Kier alpha value is -2.45. The summed E-state index contributed by atoms with van der Waals surface area (Å²) >= 11 is 0. The minimum atomic E-state index is -4.99. The lowest BCUT2D eigenvalue weighted by Crippen LogP contribution is -2.21. The van der Waals surface area contributed by atoms with Gasteiger partial charge in [-0.3, -0.25) is 4.79 Å². The zero-order chi connectivity index (χ0) is 23.3. The maximum atomic E-state index is 14.8. The van der Waals surface area contributed by atoms with Crippen molar-refractivity contribution in [3.63, 3.8) is 0 Å². The van der Waals surface area contributed by atoms with E-state index in [9.17, 15) is 26.7 Å². The van der Waals surface area contributed by atoms with E-state index < -0.39 is 47.4 Å². The number of allylic oxidation sites excluding steroid dienone is 2. The van der Waals surface area contributed by atoms with Gasteiger partial charge in [0.15, 0.2) is 0 Å². The highest BCUT2D eigenvalue weighted by atomic mass is 35.5. The van der Waals surface area contributed by atoms with Gasteiger partial charge in [-0.2, -0.15) is 13.2 Å². The van der Waals surface area contributed by atoms with Gasteiger partial charge in [-0.25, -0.2) is 8.78 Å². The molecule has 0 saturated heterocycles. The van der Waals surface area contributed by atoms with Crippen LogP contribution in [0.2, 0.25) is 0 Å². The second-order valence-corrected chi connectivity index (χ2v) is 7.07. The van der Waals surface area contributed by atoms with E-state index in [0.29, 0.717) is 22.8 Å². The standard InChI is InChI=1S/C23H24F5NO2.ClH/c1-4-6-7-14-9-16(24)8-13(3)21(14)15-10-17(19(29)12-20(30)31-5-2)22(25)18(11-15)23(26,27)28;/h4,6,8-11,19H,5,7,12,29H2,1-3H3;1H/t19-;/m0./s1. The number of carbonyl (C=O) groups is 1. The molecule has 0 spiro atoms. The number of halogens is 6. The molecule has 9 heteroatoms. The molecule has 0 aromatic heterocycles. The van der Waals surface area contributed by atoms with Gasteiger partial charge in [0.1, 0.15) is 11.6 Å². The first-order valence-electron chi connectivity index (χ1n) is 9.71. The lowest BCUT2D eigenvalue weighted by molar-refractivity contribution is -0.143. The van der Waals surface area contributed by atoms with Gasteiger partial charge >= 0.3 is 12.1 Å². The topological polar surface area (TPSA) is 52.3 Å². The van der Waals surface area contributed by atoms with Gasteiger partial charge in [-0.1, -0.05) is 12.2 Å². The Kier molecular flexibility index (Phi) is 9.85. The van der Waals surface area contributed by atoms with Crippen LogP contribution in [0.5, 0.6) is 0 Å². The highest BCUT2D eigenvalue weighted by Crippen LogP contribution is 2.39. The smallest absolute Gasteiger partial charge is 0.419 e. The molecule has 0 aliphatic heterocycles. The molecule has 0 aliphatic carbocycles. The van der Waals surface area contributed by atoms with Crippen LogP contribution in [0.25, 0.3) is 11.1 Å². The fourth-order valence-electron chi connectivity index (χ4n) is 3.41. The largest absolute Gasteiger partial charge is 0.466 e. The third-order valence-corrected chi connectivity index (χ3v) is 4.74. The van der Waals surface area contributed by atoms with Crippen LogP contribution in [0.1, 0.15) is 48.6 Å². The van der Waals surface area contributed by atoms with Crippen molar-refractivity contribution < 1.29 is 31.5 Å². The number of esters is 1. The molecule has 2 N–H and O–H groups in total. The fourth-order valence-corrected chi connectivity index (χ4v) is 3.41. The molecule has 0 aliphatic rings. The van der Waals surface area contributed by atoms with E-state index in [-0.39, 0.29) is 31.0 Å². The average Bonchev–Trinajstić information content (AvgIpc) is 2.65. The Balaban J connectivity index is 0.00000512. The summed E-state index contributed by atoms with van der Waals surface area (Å²) in [6.45, 7) is 4.95. The van der Waals surface area contributed by atoms with Crippen LogP contribution in [0.4, 0.5) is 22.0 Å². The van der Waals surface area contributed by atoms with Gasteiger partial charge in [0, 0.05) is 11.6 Å². The lowest BCUT2D eigenvalue weighted by atomic mass is 9.89. The lowest BCUT2D eigenvalue weighted by Gasteiger charge is -2.20. The van der Waals surface area contributed by atoms with Gasteiger partial charge in [0.25, 0.3) is 0 Å². The summed E-state index contributed by atoms with van der Waals surface area (Å²) in [6.07, 6.45) is -1.74. The SMILES string of the molecule is CC=CCc1cc(F)cc(C)c1-c1cc([C@@H](N)CC(=O)OCC)c(F)c(C(F)(F)F)c1.Cl. The van der Waals surface area contributed by atoms with E-state index in [2.05, 4.69) is 0 Å². The summed E-state index contributed by atoms with van der Waals surface area (Å²) in [4.78, 5) is 11.7. The molecule has 0 fully saturated rings. The molecule has 176 valence electrons. The average molecular weight is 478 g/mol. The van der Waals surface area contributed by atoms with Gasteiger partial charge in [-0.15, -0.1) is 12.4 Å². The molecule has 0 unspecified atom stereocenters. The first kappa shape index (κ1) is 27.6. The van der Waals surface area contributed by atoms with E-state index in [1.54, 1.807) is 32.9 Å². The second-order valence-electron chi connectivity index (χ2n) is 7.07. The molecular formula is C23H25ClF5NO2. The highest BCUT2D eigenvalue weighted by Gasteiger charge is 2.37. The van der Waals surface area contributed by atoms with Crippen molar-refractivity contribution in [1.29, 1.82) is 0 Å². The van der Waals surface area contributed by atoms with Gasteiger partial charge in [0.2, 0.25) is 0 Å². The Morgan fingerprint density at radius 1 is 1.19 bits per heavy atom. The number of ether oxygens (including phenoxy) is 1. The van der Waals surface area contributed by atoms with Crippen LogP contribution in [0, 0.1) is 18.6 Å². The third-order valence-electron chi connectivity index (χ3n) is 4.74. The van der Waals surface area contributed by atoms with E-state index in [1.165, 1.54) is 18.2 Å². The molecule has 0 radical (unpaired) electrons. The Morgan fingerprint density at radius 2 is 1.84 bits per heavy atom. The number of hydrogen-bond acceptors (Lipinski definition) is 3. The molecule has 0 saturated carbocycles. The van der Waals surface area contributed by atoms with Crippen LogP contribution >= 0.6 is 12.4 Å². The molecule has 2 aromatic rings. The van der Waals surface area contributed by atoms with E-state index in [1.807, 2.05) is 0 Å². The molecular weight excluding hydrogens is 453 g/mol. The Labute approximate surface area is 189 Å². The minimum Gasteiger partial charge on any atom is -0.466 e. The monoisotopic (exact) mass is 477 g/mol. The third kappa shape index (κ3) is 6.53. The molecule has 3 nitrogen and oxygen atoms in total.